The van der Waals surface area contributed by atoms with E-state index in [-0.39, 0.29) is 17.1 Å². The van der Waals surface area contributed by atoms with Gasteiger partial charge in [-0.15, -0.1) is 0 Å². The van der Waals surface area contributed by atoms with Gasteiger partial charge in [0.2, 0.25) is 0 Å². The van der Waals surface area contributed by atoms with Crippen molar-refractivity contribution in [1.82, 2.24) is 15.0 Å². The van der Waals surface area contributed by atoms with Crippen molar-refractivity contribution in [3.05, 3.63) is 72.1 Å². The number of rotatable bonds is 6. The average Bonchev–Trinajstić information content (AvgIpc) is 2.85. The van der Waals surface area contributed by atoms with E-state index in [0.717, 1.165) is 27.7 Å². The van der Waals surface area contributed by atoms with E-state index in [1.54, 1.807) is 7.11 Å². The number of anilines is 2. The number of hydrogen-bond acceptors (Lipinski definition) is 8. The van der Waals surface area contributed by atoms with Crippen molar-refractivity contribution < 1.29 is 9.84 Å². The summed E-state index contributed by atoms with van der Waals surface area (Å²) in [6, 6.07) is 17.7. The van der Waals surface area contributed by atoms with E-state index in [9.17, 15) is 5.11 Å². The maximum Gasteiger partial charge on any atom is 0.141 e. The molecular formula is C26H24N6O2. The molecule has 4 rings (SSSR count). The Kier molecular flexibility index (Phi) is 6.67. The van der Waals surface area contributed by atoms with Crippen molar-refractivity contribution in [3.63, 3.8) is 0 Å². The predicted molar refractivity (Wildman–Crippen MR) is 134 cm³/mol. The number of hydrogen-bond donors (Lipinski definition) is 4. The number of nitrogens with two attached hydrogens (primary N) is 1. The van der Waals surface area contributed by atoms with Gasteiger partial charge >= 0.3 is 0 Å². The maximum atomic E-state index is 9.44. The summed E-state index contributed by atoms with van der Waals surface area (Å²) in [7, 11) is 1.63. The third-order valence-corrected chi connectivity index (χ3v) is 5.14. The van der Waals surface area contributed by atoms with Crippen LogP contribution >= 0.6 is 0 Å². The highest BCUT2D eigenvalue weighted by Crippen LogP contribution is 2.33. The molecule has 5 N–H and O–H groups in total. The van der Waals surface area contributed by atoms with Crippen LogP contribution in [-0.4, -0.2) is 39.0 Å². The number of benzene rings is 2. The normalized spacial score (nSPS) is 11.4. The van der Waals surface area contributed by atoms with Gasteiger partial charge in [-0.1, -0.05) is 36.3 Å². The molecular weight excluding hydrogens is 428 g/mol. The zero-order valence-corrected chi connectivity index (χ0v) is 18.8. The van der Waals surface area contributed by atoms with Crippen LogP contribution in [0, 0.1) is 17.3 Å². The second-order valence-corrected chi connectivity index (χ2v) is 7.55. The molecule has 0 aliphatic heterocycles. The van der Waals surface area contributed by atoms with E-state index in [0.29, 0.717) is 18.1 Å². The molecule has 1 unspecified atom stereocenters. The first-order valence-electron chi connectivity index (χ1n) is 10.6. The zero-order valence-electron chi connectivity index (χ0n) is 18.8. The molecule has 0 bridgehead atoms. The second-order valence-electron chi connectivity index (χ2n) is 7.55. The van der Waals surface area contributed by atoms with Crippen LogP contribution in [0.2, 0.25) is 0 Å². The Bertz CT molecular complexity index is 1420. The summed E-state index contributed by atoms with van der Waals surface area (Å²) in [5.41, 5.74) is 9.66. The summed E-state index contributed by atoms with van der Waals surface area (Å²) < 4.78 is 5.58. The van der Waals surface area contributed by atoms with E-state index in [4.69, 9.17) is 20.9 Å². The van der Waals surface area contributed by atoms with E-state index < -0.39 is 6.10 Å². The van der Waals surface area contributed by atoms with Crippen LogP contribution in [0.15, 0.2) is 60.9 Å². The van der Waals surface area contributed by atoms with Crippen LogP contribution in [0.5, 0.6) is 5.75 Å². The van der Waals surface area contributed by atoms with Crippen LogP contribution in [-0.2, 0) is 6.54 Å². The first kappa shape index (κ1) is 22.7. The summed E-state index contributed by atoms with van der Waals surface area (Å²) in [6.45, 7) is 1.88. The molecule has 0 amide bonds. The van der Waals surface area contributed by atoms with Crippen molar-refractivity contribution >= 4 is 28.3 Å². The molecule has 2 heterocycles. The molecule has 4 aromatic rings. The molecule has 0 saturated carbocycles. The van der Waals surface area contributed by atoms with Crippen LogP contribution in [0.3, 0.4) is 0 Å². The maximum absolute atomic E-state index is 9.44. The fourth-order valence-electron chi connectivity index (χ4n) is 3.57. The lowest BCUT2D eigenvalue weighted by Crippen LogP contribution is -2.13. The molecule has 0 radical (unpaired) electrons. The Morgan fingerprint density at radius 1 is 1.18 bits per heavy atom. The van der Waals surface area contributed by atoms with Gasteiger partial charge in [-0.2, -0.15) is 0 Å². The lowest BCUT2D eigenvalue weighted by atomic mass is 10.0. The molecule has 2 aromatic heterocycles. The van der Waals surface area contributed by atoms with Gasteiger partial charge in [0.25, 0.3) is 0 Å². The highest BCUT2D eigenvalue weighted by molar-refractivity contribution is 6.16. The number of nitrogen functional groups attached to an aromatic ring is 1. The molecule has 8 heteroatoms. The van der Waals surface area contributed by atoms with Crippen molar-refractivity contribution in [3.8, 4) is 28.8 Å². The third kappa shape index (κ3) is 4.80. The fourth-order valence-corrected chi connectivity index (χ4v) is 3.57. The average molecular weight is 453 g/mol. The number of aliphatic hydroxyl groups is 1. The number of fused-ring (bicyclic) bond motifs is 1. The van der Waals surface area contributed by atoms with Gasteiger partial charge in [0.15, 0.2) is 0 Å². The van der Waals surface area contributed by atoms with Gasteiger partial charge in [0.05, 0.1) is 23.9 Å². The van der Waals surface area contributed by atoms with Gasteiger partial charge in [0.1, 0.15) is 35.5 Å². The number of aromatic nitrogens is 3. The van der Waals surface area contributed by atoms with Crippen molar-refractivity contribution in [1.29, 1.82) is 5.41 Å². The quantitative estimate of drug-likeness (QED) is 0.259. The molecule has 170 valence electrons. The topological polar surface area (TPSA) is 130 Å². The summed E-state index contributed by atoms with van der Waals surface area (Å²) in [5.74, 6) is 6.38. The van der Waals surface area contributed by atoms with Crippen molar-refractivity contribution in [2.24, 2.45) is 0 Å². The number of ether oxygens (including phenoxy) is 1. The Balaban J connectivity index is 1.76. The van der Waals surface area contributed by atoms with Gasteiger partial charge in [0, 0.05) is 17.5 Å². The monoisotopic (exact) mass is 452 g/mol. The van der Waals surface area contributed by atoms with E-state index in [2.05, 4.69) is 33.2 Å². The molecule has 8 nitrogen and oxygen atoms in total. The minimum Gasteiger partial charge on any atom is -0.496 e. The number of methoxy groups -OCH3 is 1. The first-order chi connectivity index (χ1) is 16.5. The minimum atomic E-state index is -0.866. The number of aliphatic hydroxyl groups excluding tert-OH is 1. The van der Waals surface area contributed by atoms with Gasteiger partial charge in [-0.3, -0.25) is 5.41 Å². The Morgan fingerprint density at radius 3 is 2.74 bits per heavy atom. The van der Waals surface area contributed by atoms with E-state index in [1.807, 2.05) is 48.5 Å². The highest BCUT2D eigenvalue weighted by atomic mass is 16.5. The molecule has 0 saturated heterocycles. The molecule has 34 heavy (non-hydrogen) atoms. The Morgan fingerprint density at radius 2 is 1.94 bits per heavy atom. The van der Waals surface area contributed by atoms with Crippen molar-refractivity contribution in [2.45, 2.75) is 19.6 Å². The number of pyridine rings is 1. The van der Waals surface area contributed by atoms with Gasteiger partial charge in [-0.05, 0) is 42.7 Å². The second kappa shape index (κ2) is 9.98. The third-order valence-electron chi connectivity index (χ3n) is 5.14. The van der Waals surface area contributed by atoms with Crippen LogP contribution < -0.4 is 15.8 Å². The lowest BCUT2D eigenvalue weighted by Gasteiger charge is -2.16. The Hall–Kier alpha value is -4.48. The van der Waals surface area contributed by atoms with Crippen LogP contribution in [0.4, 0.5) is 11.6 Å². The van der Waals surface area contributed by atoms with E-state index in [1.165, 1.54) is 13.3 Å². The minimum absolute atomic E-state index is 0.0805. The highest BCUT2D eigenvalue weighted by Gasteiger charge is 2.17. The Labute approximate surface area is 197 Å². The summed E-state index contributed by atoms with van der Waals surface area (Å²) in [4.78, 5) is 13.2. The summed E-state index contributed by atoms with van der Waals surface area (Å²) in [5, 5.41) is 22.0. The van der Waals surface area contributed by atoms with Crippen LogP contribution in [0.25, 0.3) is 22.2 Å². The molecule has 2 aromatic carbocycles. The molecule has 0 spiro atoms. The predicted octanol–water partition coefficient (Wildman–Crippen LogP) is 3.65. The number of nitrogens with one attached hydrogen (secondary N) is 2. The lowest BCUT2D eigenvalue weighted by molar-refractivity contribution is 0.253. The van der Waals surface area contributed by atoms with Crippen molar-refractivity contribution in [2.75, 3.05) is 18.2 Å². The van der Waals surface area contributed by atoms with E-state index >= 15 is 0 Å². The number of para-hydroxylation sites is 2. The first-order valence-corrected chi connectivity index (χ1v) is 10.6. The fraction of sp³-hybridized carbons (Fsp3) is 0.154. The summed E-state index contributed by atoms with van der Waals surface area (Å²) in [6.07, 6.45) is 0.464. The molecule has 0 aliphatic rings. The largest absolute Gasteiger partial charge is 0.496 e. The van der Waals surface area contributed by atoms with Crippen LogP contribution in [0.1, 0.15) is 18.1 Å². The van der Waals surface area contributed by atoms with Gasteiger partial charge in [-0.25, -0.2) is 15.0 Å². The smallest absolute Gasteiger partial charge is 0.141 e. The SMILES string of the molecule is COc1ccccc1-c1nc2ccccc2cc1CNc1ncnc(N)c1C(=N)C#CC(C)O. The zero-order chi connectivity index (χ0) is 24.1. The molecule has 1 atom stereocenters. The molecule has 0 aliphatic carbocycles. The number of nitrogens with zero attached hydrogens (tertiary/aromatic N) is 3. The summed E-state index contributed by atoms with van der Waals surface area (Å²) >= 11 is 0. The standard InChI is InChI=1S/C26H24N6O2/c1-16(33)11-12-20(27)23-25(28)30-15-31-26(23)29-14-18-13-17-7-3-5-9-21(17)32-24(18)19-8-4-6-10-22(19)34-2/h3-10,13,15-16,27,33H,14H2,1-2H3,(H3,28,29,30,31). The molecule has 0 fully saturated rings. The van der Waals surface area contributed by atoms with Gasteiger partial charge < -0.3 is 20.9 Å².